The molecule has 0 bridgehead atoms. The van der Waals surface area contributed by atoms with Gasteiger partial charge in [0.25, 0.3) is 0 Å². The van der Waals surface area contributed by atoms with E-state index in [9.17, 15) is 0 Å². The second-order valence-electron chi connectivity index (χ2n) is 5.73. The average molecular weight is 339 g/mol. The van der Waals surface area contributed by atoms with E-state index >= 15 is 0 Å². The molecule has 1 saturated carbocycles. The summed E-state index contributed by atoms with van der Waals surface area (Å²) >= 11 is 3.46. The van der Waals surface area contributed by atoms with Crippen LogP contribution < -0.4 is 5.32 Å². The Balaban J connectivity index is 1.48. The van der Waals surface area contributed by atoms with Gasteiger partial charge in [0.2, 0.25) is 0 Å². The Morgan fingerprint density at radius 3 is 2.85 bits per heavy atom. The normalized spacial score (nSPS) is 27.1. The number of hydrogen-bond acceptors (Lipinski definition) is 3. The van der Waals surface area contributed by atoms with Crippen LogP contribution in [-0.4, -0.2) is 43.3 Å². The van der Waals surface area contributed by atoms with Crippen molar-refractivity contribution in [1.29, 1.82) is 0 Å². The highest BCUT2D eigenvalue weighted by Gasteiger charge is 2.33. The van der Waals surface area contributed by atoms with Crippen molar-refractivity contribution < 1.29 is 4.74 Å². The summed E-state index contributed by atoms with van der Waals surface area (Å²) < 4.78 is 7.05. The molecule has 3 nitrogen and oxygen atoms in total. The van der Waals surface area contributed by atoms with Crippen molar-refractivity contribution in [3.8, 4) is 0 Å². The summed E-state index contributed by atoms with van der Waals surface area (Å²) in [7, 11) is 0. The third kappa shape index (κ3) is 3.54. The molecule has 2 fully saturated rings. The van der Waals surface area contributed by atoms with Gasteiger partial charge >= 0.3 is 0 Å². The van der Waals surface area contributed by atoms with Crippen LogP contribution in [0.15, 0.2) is 28.7 Å². The van der Waals surface area contributed by atoms with E-state index in [-0.39, 0.29) is 0 Å². The maximum absolute atomic E-state index is 5.92. The smallest absolute Gasteiger partial charge is 0.0730 e. The van der Waals surface area contributed by atoms with Crippen LogP contribution in [0.5, 0.6) is 0 Å². The van der Waals surface area contributed by atoms with Crippen LogP contribution in [0, 0.1) is 0 Å². The first-order valence-electron chi connectivity index (χ1n) is 7.68. The Bertz CT molecular complexity index is 421. The summed E-state index contributed by atoms with van der Waals surface area (Å²) in [5.74, 6) is 0. The highest BCUT2D eigenvalue weighted by molar-refractivity contribution is 9.10. The number of benzene rings is 1. The molecule has 20 heavy (non-hydrogen) atoms. The number of hydrogen-bond donors (Lipinski definition) is 1. The van der Waals surface area contributed by atoms with E-state index in [0.717, 1.165) is 30.7 Å². The lowest BCUT2D eigenvalue weighted by molar-refractivity contribution is -0.0865. The van der Waals surface area contributed by atoms with Gasteiger partial charge in [-0.25, -0.2) is 0 Å². The number of rotatable bonds is 4. The van der Waals surface area contributed by atoms with Crippen molar-refractivity contribution in [2.45, 2.75) is 37.8 Å². The van der Waals surface area contributed by atoms with Gasteiger partial charge in [-0.05, 0) is 37.1 Å². The molecule has 4 heteroatoms. The van der Waals surface area contributed by atoms with Crippen LogP contribution in [0.3, 0.4) is 0 Å². The summed E-state index contributed by atoms with van der Waals surface area (Å²) in [6.07, 6.45) is 5.75. The van der Waals surface area contributed by atoms with Gasteiger partial charge in [-0.3, -0.25) is 4.90 Å². The van der Waals surface area contributed by atoms with Gasteiger partial charge in [0.05, 0.1) is 12.7 Å². The molecule has 1 N–H and O–H groups in total. The Hall–Kier alpha value is -0.580. The van der Waals surface area contributed by atoms with E-state index in [0.29, 0.717) is 12.1 Å². The minimum Gasteiger partial charge on any atom is -0.384 e. The Morgan fingerprint density at radius 1 is 1.20 bits per heavy atom. The van der Waals surface area contributed by atoms with Crippen molar-refractivity contribution in [3.05, 3.63) is 28.7 Å². The van der Waals surface area contributed by atoms with Gasteiger partial charge in [-0.15, -0.1) is 0 Å². The SMILES string of the molecule is Brc1ccc(NCCN2CCOC3CCCCC32)cc1. The summed E-state index contributed by atoms with van der Waals surface area (Å²) in [4.78, 5) is 2.62. The Morgan fingerprint density at radius 2 is 2.00 bits per heavy atom. The zero-order chi connectivity index (χ0) is 13.8. The van der Waals surface area contributed by atoms with Gasteiger partial charge in [-0.2, -0.15) is 0 Å². The number of fused-ring (bicyclic) bond motifs is 1. The highest BCUT2D eigenvalue weighted by atomic mass is 79.9. The van der Waals surface area contributed by atoms with Crippen molar-refractivity contribution in [3.63, 3.8) is 0 Å². The third-order valence-corrected chi connectivity index (χ3v) is 4.95. The van der Waals surface area contributed by atoms with Gasteiger partial charge in [0.15, 0.2) is 0 Å². The number of ether oxygens (including phenoxy) is 1. The minimum atomic E-state index is 0.491. The van der Waals surface area contributed by atoms with E-state index in [1.54, 1.807) is 0 Å². The predicted octanol–water partition coefficient (Wildman–Crippen LogP) is 3.50. The molecule has 1 aliphatic heterocycles. The van der Waals surface area contributed by atoms with Gasteiger partial charge in [-0.1, -0.05) is 28.8 Å². The average Bonchev–Trinajstić information content (AvgIpc) is 2.49. The molecule has 0 aromatic heterocycles. The molecule has 0 amide bonds. The topological polar surface area (TPSA) is 24.5 Å². The lowest BCUT2D eigenvalue weighted by Gasteiger charge is -2.43. The largest absolute Gasteiger partial charge is 0.384 e. The summed E-state index contributed by atoms with van der Waals surface area (Å²) in [6.45, 7) is 4.11. The van der Waals surface area contributed by atoms with Crippen molar-refractivity contribution >= 4 is 21.6 Å². The van der Waals surface area contributed by atoms with Crippen LogP contribution >= 0.6 is 15.9 Å². The number of anilines is 1. The monoisotopic (exact) mass is 338 g/mol. The quantitative estimate of drug-likeness (QED) is 0.909. The molecule has 2 atom stereocenters. The third-order valence-electron chi connectivity index (χ3n) is 4.42. The zero-order valence-corrected chi connectivity index (χ0v) is 13.4. The molecule has 1 aromatic rings. The van der Waals surface area contributed by atoms with Crippen molar-refractivity contribution in [2.75, 3.05) is 31.6 Å². The fraction of sp³-hybridized carbons (Fsp3) is 0.625. The fourth-order valence-electron chi connectivity index (χ4n) is 3.37. The summed E-state index contributed by atoms with van der Waals surface area (Å²) in [5, 5.41) is 3.51. The highest BCUT2D eigenvalue weighted by Crippen LogP contribution is 2.28. The Kier molecular flexibility index (Phi) is 4.97. The maximum Gasteiger partial charge on any atom is 0.0730 e. The van der Waals surface area contributed by atoms with Crippen LogP contribution in [0.4, 0.5) is 5.69 Å². The molecule has 0 radical (unpaired) electrons. The van der Waals surface area contributed by atoms with Gasteiger partial charge in [0.1, 0.15) is 0 Å². The standard InChI is InChI=1S/C16H23BrN2O/c17-13-5-7-14(8-6-13)18-9-10-19-11-12-20-16-4-2-1-3-15(16)19/h5-8,15-16,18H,1-4,9-12H2. The molecule has 3 rings (SSSR count). The van der Waals surface area contributed by atoms with Crippen LogP contribution in [0.2, 0.25) is 0 Å². The van der Waals surface area contributed by atoms with Crippen LogP contribution in [-0.2, 0) is 4.74 Å². The van der Waals surface area contributed by atoms with Crippen molar-refractivity contribution in [1.82, 2.24) is 4.90 Å². The summed E-state index contributed by atoms with van der Waals surface area (Å²) in [6, 6.07) is 9.05. The lowest BCUT2D eigenvalue weighted by atomic mass is 9.90. The van der Waals surface area contributed by atoms with E-state index in [4.69, 9.17) is 4.74 Å². The van der Waals surface area contributed by atoms with E-state index in [1.165, 1.54) is 31.4 Å². The second kappa shape index (κ2) is 6.92. The molecule has 1 heterocycles. The van der Waals surface area contributed by atoms with E-state index in [2.05, 4.69) is 50.4 Å². The molecule has 1 aliphatic carbocycles. The van der Waals surface area contributed by atoms with Gasteiger partial charge in [0, 0.05) is 35.8 Å². The predicted molar refractivity (Wildman–Crippen MR) is 86.2 cm³/mol. The number of halogens is 1. The Labute approximate surface area is 129 Å². The van der Waals surface area contributed by atoms with Gasteiger partial charge < -0.3 is 10.1 Å². The van der Waals surface area contributed by atoms with Crippen LogP contribution in [0.25, 0.3) is 0 Å². The molecular weight excluding hydrogens is 316 g/mol. The second-order valence-corrected chi connectivity index (χ2v) is 6.65. The van der Waals surface area contributed by atoms with E-state index < -0.39 is 0 Å². The first-order valence-corrected chi connectivity index (χ1v) is 8.47. The molecule has 2 unspecified atom stereocenters. The zero-order valence-electron chi connectivity index (χ0n) is 11.9. The minimum absolute atomic E-state index is 0.491. The molecule has 110 valence electrons. The number of nitrogens with one attached hydrogen (secondary N) is 1. The van der Waals surface area contributed by atoms with Crippen molar-refractivity contribution in [2.24, 2.45) is 0 Å². The molecule has 0 spiro atoms. The lowest BCUT2D eigenvalue weighted by Crippen LogP contribution is -2.53. The molecule has 1 aromatic carbocycles. The first kappa shape index (κ1) is 14.4. The fourth-order valence-corrected chi connectivity index (χ4v) is 3.63. The first-order chi connectivity index (χ1) is 9.83. The van der Waals surface area contributed by atoms with E-state index in [1.807, 2.05) is 0 Å². The molecular formula is C16H23BrN2O. The maximum atomic E-state index is 5.92. The number of morpholine rings is 1. The number of nitrogens with zero attached hydrogens (tertiary/aromatic N) is 1. The molecule has 1 saturated heterocycles. The van der Waals surface area contributed by atoms with Crippen LogP contribution in [0.1, 0.15) is 25.7 Å². The molecule has 2 aliphatic rings. The summed E-state index contributed by atoms with van der Waals surface area (Å²) in [5.41, 5.74) is 1.20.